The zero-order valence-corrected chi connectivity index (χ0v) is 17.4. The lowest BCUT2D eigenvalue weighted by molar-refractivity contribution is -0.126. The van der Waals surface area contributed by atoms with Gasteiger partial charge in [0.25, 0.3) is 6.47 Å². The van der Waals surface area contributed by atoms with Crippen LogP contribution in [0.5, 0.6) is 11.5 Å². The highest BCUT2D eigenvalue weighted by atomic mass is 32.2. The fraction of sp³-hybridized carbons (Fsp3) is 0.263. The predicted octanol–water partition coefficient (Wildman–Crippen LogP) is 3.34. The molecule has 2 aromatic rings. The maximum Gasteiger partial charge on any atom is 0.293 e. The first-order valence-electron chi connectivity index (χ1n) is 8.76. The molecule has 3 N–H and O–H groups in total. The van der Waals surface area contributed by atoms with Crippen LogP contribution < -0.4 is 15.2 Å². The van der Waals surface area contributed by atoms with Crippen molar-refractivity contribution in [3.05, 3.63) is 48.0 Å². The molecule has 10 heteroatoms. The van der Waals surface area contributed by atoms with E-state index in [-0.39, 0.29) is 28.6 Å². The first kappa shape index (κ1) is 22.7. The molecule has 2 aromatic carbocycles. The molecule has 0 aliphatic heterocycles. The van der Waals surface area contributed by atoms with Gasteiger partial charge in [0.15, 0.2) is 5.75 Å². The molecule has 2 rings (SSSR count). The maximum atomic E-state index is 12.4. The Morgan fingerprint density at radius 3 is 2.59 bits per heavy atom. The normalized spacial score (nSPS) is 11.0. The molecule has 0 aliphatic rings. The van der Waals surface area contributed by atoms with Crippen molar-refractivity contribution in [3.63, 3.8) is 0 Å². The largest absolute Gasteiger partial charge is 0.456 e. The SMILES string of the molecule is CCCCNc1cc(C(=O)SCOC=O)cc(S(N)(=O)=O)c1Oc1ccccc1. The van der Waals surface area contributed by atoms with Crippen LogP contribution in [0, 0.1) is 0 Å². The summed E-state index contributed by atoms with van der Waals surface area (Å²) in [5.74, 6) is 0.248. The highest BCUT2D eigenvalue weighted by molar-refractivity contribution is 8.14. The molecule has 0 unspecified atom stereocenters. The van der Waals surface area contributed by atoms with E-state index in [2.05, 4.69) is 10.1 Å². The van der Waals surface area contributed by atoms with E-state index in [4.69, 9.17) is 9.88 Å². The summed E-state index contributed by atoms with van der Waals surface area (Å²) >= 11 is 0.724. The number of carbonyl (C=O) groups excluding carboxylic acids is 2. The van der Waals surface area contributed by atoms with Gasteiger partial charge in [-0.15, -0.1) is 0 Å². The number of para-hydroxylation sites is 1. The second-order valence-corrected chi connectivity index (χ2v) is 8.33. The number of primary sulfonamides is 1. The van der Waals surface area contributed by atoms with E-state index in [0.29, 0.717) is 18.0 Å². The highest BCUT2D eigenvalue weighted by Crippen LogP contribution is 2.38. The van der Waals surface area contributed by atoms with Crippen LogP contribution in [0.25, 0.3) is 0 Å². The number of anilines is 1. The number of ether oxygens (including phenoxy) is 2. The molecule has 0 spiro atoms. The Morgan fingerprint density at radius 2 is 1.97 bits per heavy atom. The Morgan fingerprint density at radius 1 is 1.24 bits per heavy atom. The van der Waals surface area contributed by atoms with E-state index in [1.807, 2.05) is 6.92 Å². The fourth-order valence-electron chi connectivity index (χ4n) is 2.37. The van der Waals surface area contributed by atoms with Crippen molar-refractivity contribution >= 4 is 39.1 Å². The summed E-state index contributed by atoms with van der Waals surface area (Å²) in [4.78, 5) is 22.4. The van der Waals surface area contributed by atoms with Gasteiger partial charge < -0.3 is 14.8 Å². The number of hydrogen-bond acceptors (Lipinski definition) is 8. The fourth-order valence-corrected chi connectivity index (χ4v) is 3.59. The van der Waals surface area contributed by atoms with Crippen LogP contribution in [0.1, 0.15) is 30.1 Å². The first-order chi connectivity index (χ1) is 13.9. The van der Waals surface area contributed by atoms with Crippen LogP contribution >= 0.6 is 11.8 Å². The molecule has 0 bridgehead atoms. The van der Waals surface area contributed by atoms with Crippen molar-refractivity contribution < 1.29 is 27.5 Å². The minimum absolute atomic E-state index is 0.0143. The van der Waals surface area contributed by atoms with E-state index in [1.165, 1.54) is 6.07 Å². The number of rotatable bonds is 11. The van der Waals surface area contributed by atoms with E-state index >= 15 is 0 Å². The minimum Gasteiger partial charge on any atom is -0.456 e. The molecule has 29 heavy (non-hydrogen) atoms. The summed E-state index contributed by atoms with van der Waals surface area (Å²) in [6.45, 7) is 2.79. The second kappa shape index (κ2) is 10.8. The lowest BCUT2D eigenvalue weighted by Crippen LogP contribution is -2.16. The Labute approximate surface area is 173 Å². The molecular formula is C19H22N2O6S2. The van der Waals surface area contributed by atoms with Gasteiger partial charge in [-0.25, -0.2) is 13.6 Å². The van der Waals surface area contributed by atoms with E-state index in [9.17, 15) is 18.0 Å². The van der Waals surface area contributed by atoms with Crippen LogP contribution in [0.15, 0.2) is 47.4 Å². The first-order valence-corrected chi connectivity index (χ1v) is 11.3. The van der Waals surface area contributed by atoms with E-state index < -0.39 is 15.1 Å². The summed E-state index contributed by atoms with van der Waals surface area (Å²) in [5.41, 5.74) is 0.419. The highest BCUT2D eigenvalue weighted by Gasteiger charge is 2.23. The molecule has 8 nitrogen and oxygen atoms in total. The third-order valence-electron chi connectivity index (χ3n) is 3.73. The Hall–Kier alpha value is -2.56. The second-order valence-electron chi connectivity index (χ2n) is 5.90. The van der Waals surface area contributed by atoms with Gasteiger partial charge >= 0.3 is 0 Å². The molecule has 0 saturated carbocycles. The van der Waals surface area contributed by atoms with Gasteiger partial charge in [0, 0.05) is 12.1 Å². The molecule has 0 amide bonds. The lowest BCUT2D eigenvalue weighted by Gasteiger charge is -2.17. The van der Waals surface area contributed by atoms with Gasteiger partial charge in [-0.2, -0.15) is 0 Å². The maximum absolute atomic E-state index is 12.4. The summed E-state index contributed by atoms with van der Waals surface area (Å²) in [6, 6.07) is 11.3. The molecule has 0 heterocycles. The zero-order chi connectivity index (χ0) is 21.3. The summed E-state index contributed by atoms with van der Waals surface area (Å²) in [6.07, 6.45) is 1.75. The number of benzene rings is 2. The van der Waals surface area contributed by atoms with Crippen molar-refractivity contribution in [1.82, 2.24) is 0 Å². The van der Waals surface area contributed by atoms with Gasteiger partial charge in [-0.05, 0) is 42.4 Å². The van der Waals surface area contributed by atoms with Crippen molar-refractivity contribution in [3.8, 4) is 11.5 Å². The summed E-state index contributed by atoms with van der Waals surface area (Å²) in [5, 5.41) is 8.05. The van der Waals surface area contributed by atoms with Gasteiger partial charge in [0.1, 0.15) is 16.6 Å². The number of hydrogen-bond donors (Lipinski definition) is 2. The predicted molar refractivity (Wildman–Crippen MR) is 112 cm³/mol. The third kappa shape index (κ3) is 6.77. The molecular weight excluding hydrogens is 416 g/mol. The van der Waals surface area contributed by atoms with Gasteiger partial charge in [-0.1, -0.05) is 31.5 Å². The van der Waals surface area contributed by atoms with Crippen LogP contribution in [0.2, 0.25) is 0 Å². The topological polar surface area (TPSA) is 125 Å². The molecule has 156 valence electrons. The Bertz CT molecular complexity index is 949. The van der Waals surface area contributed by atoms with E-state index in [0.717, 1.165) is 30.7 Å². The average molecular weight is 439 g/mol. The average Bonchev–Trinajstić information content (AvgIpc) is 2.69. The smallest absolute Gasteiger partial charge is 0.293 e. The van der Waals surface area contributed by atoms with Gasteiger partial charge in [0.05, 0.1) is 5.69 Å². The standard InChI is InChI=1S/C19H22N2O6S2/c1-2-3-9-21-16-10-14(19(23)28-13-26-12-22)11-17(29(20,24)25)18(16)27-15-7-5-4-6-8-15/h4-8,10-12,21H,2-3,9,13H2,1H3,(H2,20,24,25). The van der Waals surface area contributed by atoms with Crippen molar-refractivity contribution in [2.24, 2.45) is 5.14 Å². The van der Waals surface area contributed by atoms with Crippen LogP contribution in [0.4, 0.5) is 5.69 Å². The van der Waals surface area contributed by atoms with Crippen LogP contribution in [-0.2, 0) is 19.6 Å². The number of thioether (sulfide) groups is 1. The molecule has 0 fully saturated rings. The van der Waals surface area contributed by atoms with Crippen molar-refractivity contribution in [2.75, 3.05) is 17.8 Å². The number of nitrogens with one attached hydrogen (secondary N) is 1. The van der Waals surface area contributed by atoms with Gasteiger partial charge in [0.2, 0.25) is 15.1 Å². The zero-order valence-electron chi connectivity index (χ0n) is 15.8. The minimum atomic E-state index is -4.20. The monoisotopic (exact) mass is 438 g/mol. The Balaban J connectivity index is 2.52. The lowest BCUT2D eigenvalue weighted by atomic mass is 10.2. The molecule has 0 aliphatic carbocycles. The molecule has 0 atom stereocenters. The number of carbonyl (C=O) groups is 2. The van der Waals surface area contributed by atoms with E-state index in [1.54, 1.807) is 30.3 Å². The summed E-state index contributed by atoms with van der Waals surface area (Å²) < 4.78 is 34.8. The molecule has 0 saturated heterocycles. The summed E-state index contributed by atoms with van der Waals surface area (Å²) in [7, 11) is -4.20. The van der Waals surface area contributed by atoms with Crippen molar-refractivity contribution in [2.45, 2.75) is 24.7 Å². The third-order valence-corrected chi connectivity index (χ3v) is 5.40. The van der Waals surface area contributed by atoms with Crippen LogP contribution in [0.3, 0.4) is 0 Å². The van der Waals surface area contributed by atoms with Crippen LogP contribution in [-0.4, -0.2) is 32.5 Å². The van der Waals surface area contributed by atoms with Crippen molar-refractivity contribution in [1.29, 1.82) is 0 Å². The number of nitrogens with two attached hydrogens (primary N) is 1. The quantitative estimate of drug-likeness (QED) is 0.311. The number of unbranched alkanes of at least 4 members (excludes halogenated alkanes) is 1. The Kier molecular flexibility index (Phi) is 8.50. The number of sulfonamides is 1. The van der Waals surface area contributed by atoms with Gasteiger partial charge in [-0.3, -0.25) is 9.59 Å². The molecule has 0 aromatic heterocycles. The molecule has 0 radical (unpaired) electrons.